The van der Waals surface area contributed by atoms with Gasteiger partial charge in [0.25, 0.3) is 0 Å². The van der Waals surface area contributed by atoms with Crippen molar-refractivity contribution in [1.82, 2.24) is 4.98 Å². The summed E-state index contributed by atoms with van der Waals surface area (Å²) in [6.45, 7) is 0. The number of nitrogens with zero attached hydrogens (tertiary/aromatic N) is 1. The first kappa shape index (κ1) is 12.5. The second kappa shape index (κ2) is 5.60. The first-order valence-electron chi connectivity index (χ1n) is 5.82. The summed E-state index contributed by atoms with van der Waals surface area (Å²) >= 11 is 3.33. The molecule has 4 nitrogen and oxygen atoms in total. The number of nitrogens with two attached hydrogens (primary N) is 1. The average molecular weight is 298 g/mol. The zero-order valence-electron chi connectivity index (χ0n) is 9.53. The molecule has 1 heterocycles. The molecule has 2 rings (SSSR count). The Hall–Kier alpha value is -0.940. The number of nitrogens with one attached hydrogen (secondary N) is 1. The lowest BCUT2D eigenvalue weighted by molar-refractivity contribution is -0.120. The SMILES string of the molecule is NC1CCC(C(=O)Nc2cncc(Br)c2)CC1. The van der Waals surface area contributed by atoms with E-state index in [0.717, 1.165) is 35.8 Å². The Balaban J connectivity index is 1.93. The lowest BCUT2D eigenvalue weighted by atomic mass is 9.86. The minimum absolute atomic E-state index is 0.0804. The van der Waals surface area contributed by atoms with Crippen molar-refractivity contribution in [3.05, 3.63) is 22.9 Å². The van der Waals surface area contributed by atoms with Crippen LogP contribution in [-0.2, 0) is 4.79 Å². The predicted molar refractivity (Wildman–Crippen MR) is 70.5 cm³/mol. The normalized spacial score (nSPS) is 24.4. The number of hydrogen-bond acceptors (Lipinski definition) is 3. The molecular weight excluding hydrogens is 282 g/mol. The number of halogens is 1. The van der Waals surface area contributed by atoms with Gasteiger partial charge in [-0.15, -0.1) is 0 Å². The zero-order valence-corrected chi connectivity index (χ0v) is 11.1. The van der Waals surface area contributed by atoms with Crippen molar-refractivity contribution < 1.29 is 4.79 Å². The van der Waals surface area contributed by atoms with Gasteiger partial charge >= 0.3 is 0 Å². The maximum atomic E-state index is 12.0. The van der Waals surface area contributed by atoms with Gasteiger partial charge in [-0.05, 0) is 47.7 Å². The van der Waals surface area contributed by atoms with Gasteiger partial charge in [0.1, 0.15) is 0 Å². The summed E-state index contributed by atoms with van der Waals surface area (Å²) in [5.41, 5.74) is 6.56. The lowest BCUT2D eigenvalue weighted by Crippen LogP contribution is -2.32. The molecule has 1 aliphatic rings. The first-order chi connectivity index (χ1) is 8.15. The van der Waals surface area contributed by atoms with Gasteiger partial charge < -0.3 is 11.1 Å². The van der Waals surface area contributed by atoms with Crippen LogP contribution >= 0.6 is 15.9 Å². The molecule has 0 aliphatic heterocycles. The lowest BCUT2D eigenvalue weighted by Gasteiger charge is -2.25. The number of hydrogen-bond donors (Lipinski definition) is 2. The van der Waals surface area contributed by atoms with Crippen LogP contribution in [0.15, 0.2) is 22.9 Å². The molecular formula is C12H16BrN3O. The van der Waals surface area contributed by atoms with E-state index in [0.29, 0.717) is 0 Å². The molecule has 1 fully saturated rings. The summed E-state index contributed by atoms with van der Waals surface area (Å²) < 4.78 is 0.862. The van der Waals surface area contributed by atoms with Crippen LogP contribution in [0.5, 0.6) is 0 Å². The van der Waals surface area contributed by atoms with Crippen molar-refractivity contribution in [2.75, 3.05) is 5.32 Å². The van der Waals surface area contributed by atoms with Gasteiger partial charge in [-0.3, -0.25) is 9.78 Å². The van der Waals surface area contributed by atoms with E-state index in [1.54, 1.807) is 12.4 Å². The van der Waals surface area contributed by atoms with E-state index in [-0.39, 0.29) is 17.9 Å². The summed E-state index contributed by atoms with van der Waals surface area (Å²) in [7, 11) is 0. The molecule has 1 aromatic heterocycles. The van der Waals surface area contributed by atoms with Crippen LogP contribution in [0.4, 0.5) is 5.69 Å². The predicted octanol–water partition coefficient (Wildman–Crippen LogP) is 2.30. The molecule has 0 radical (unpaired) electrons. The Labute approximate surface area is 109 Å². The van der Waals surface area contributed by atoms with Crippen molar-refractivity contribution in [1.29, 1.82) is 0 Å². The van der Waals surface area contributed by atoms with Crippen LogP contribution < -0.4 is 11.1 Å². The monoisotopic (exact) mass is 297 g/mol. The van der Waals surface area contributed by atoms with Gasteiger partial charge in [0.05, 0.1) is 11.9 Å². The number of anilines is 1. The zero-order chi connectivity index (χ0) is 12.3. The van der Waals surface area contributed by atoms with Crippen LogP contribution in [0.3, 0.4) is 0 Å². The first-order valence-corrected chi connectivity index (χ1v) is 6.61. The van der Waals surface area contributed by atoms with Crippen LogP contribution in [0.1, 0.15) is 25.7 Å². The largest absolute Gasteiger partial charge is 0.328 e. The standard InChI is InChI=1S/C12H16BrN3O/c13-9-5-11(7-15-6-9)16-12(17)8-1-3-10(14)4-2-8/h5-8,10H,1-4,14H2,(H,16,17). The number of carbonyl (C=O) groups excluding carboxylic acids is 1. The molecule has 0 saturated heterocycles. The number of carbonyl (C=O) groups is 1. The van der Waals surface area contributed by atoms with E-state index < -0.39 is 0 Å². The number of amides is 1. The van der Waals surface area contributed by atoms with Crippen LogP contribution in [0.25, 0.3) is 0 Å². The molecule has 0 bridgehead atoms. The van der Waals surface area contributed by atoms with Gasteiger partial charge in [0.15, 0.2) is 0 Å². The highest BCUT2D eigenvalue weighted by Gasteiger charge is 2.24. The maximum Gasteiger partial charge on any atom is 0.227 e. The number of aromatic nitrogens is 1. The quantitative estimate of drug-likeness (QED) is 0.880. The molecule has 1 aliphatic carbocycles. The fourth-order valence-corrected chi connectivity index (χ4v) is 2.47. The van der Waals surface area contributed by atoms with Gasteiger partial charge in [0.2, 0.25) is 5.91 Å². The van der Waals surface area contributed by atoms with Crippen LogP contribution in [0.2, 0.25) is 0 Å². The molecule has 1 saturated carbocycles. The second-order valence-corrected chi connectivity index (χ2v) is 5.41. The van der Waals surface area contributed by atoms with Crippen LogP contribution in [0, 0.1) is 5.92 Å². The van der Waals surface area contributed by atoms with Crippen LogP contribution in [-0.4, -0.2) is 16.9 Å². The summed E-state index contributed by atoms with van der Waals surface area (Å²) in [6, 6.07) is 2.12. The Morgan fingerprint density at radius 1 is 1.35 bits per heavy atom. The second-order valence-electron chi connectivity index (χ2n) is 4.49. The molecule has 0 unspecified atom stereocenters. The Bertz CT molecular complexity index is 402. The fraction of sp³-hybridized carbons (Fsp3) is 0.500. The summed E-state index contributed by atoms with van der Waals surface area (Å²) in [5, 5.41) is 2.90. The molecule has 0 aromatic carbocycles. The molecule has 17 heavy (non-hydrogen) atoms. The Kier molecular flexibility index (Phi) is 4.12. The van der Waals surface area contributed by atoms with Crippen molar-refractivity contribution >= 4 is 27.5 Å². The third-order valence-electron chi connectivity index (χ3n) is 3.12. The Morgan fingerprint density at radius 3 is 2.71 bits per heavy atom. The molecule has 92 valence electrons. The maximum absolute atomic E-state index is 12.0. The van der Waals surface area contributed by atoms with Crippen molar-refractivity contribution in [3.63, 3.8) is 0 Å². The van der Waals surface area contributed by atoms with Crippen molar-refractivity contribution in [3.8, 4) is 0 Å². The summed E-state index contributed by atoms with van der Waals surface area (Å²) in [6.07, 6.45) is 6.99. The topological polar surface area (TPSA) is 68.0 Å². The van der Waals surface area contributed by atoms with E-state index in [2.05, 4.69) is 26.2 Å². The molecule has 5 heteroatoms. The van der Waals surface area contributed by atoms with E-state index in [1.165, 1.54) is 0 Å². The van der Waals surface area contributed by atoms with E-state index in [9.17, 15) is 4.79 Å². The summed E-state index contributed by atoms with van der Waals surface area (Å²) in [4.78, 5) is 16.0. The highest BCUT2D eigenvalue weighted by Crippen LogP contribution is 2.24. The fourth-order valence-electron chi connectivity index (χ4n) is 2.11. The Morgan fingerprint density at radius 2 is 2.06 bits per heavy atom. The number of rotatable bonds is 2. The average Bonchev–Trinajstić information content (AvgIpc) is 2.29. The van der Waals surface area contributed by atoms with Crippen molar-refractivity contribution in [2.45, 2.75) is 31.7 Å². The van der Waals surface area contributed by atoms with E-state index >= 15 is 0 Å². The molecule has 3 N–H and O–H groups in total. The molecule has 0 atom stereocenters. The highest BCUT2D eigenvalue weighted by molar-refractivity contribution is 9.10. The van der Waals surface area contributed by atoms with Gasteiger partial charge in [-0.1, -0.05) is 0 Å². The van der Waals surface area contributed by atoms with E-state index in [1.807, 2.05) is 6.07 Å². The third kappa shape index (κ3) is 3.51. The molecule has 1 aromatic rings. The van der Waals surface area contributed by atoms with Gasteiger partial charge in [-0.25, -0.2) is 0 Å². The molecule has 0 spiro atoms. The summed E-state index contributed by atoms with van der Waals surface area (Å²) in [5.74, 6) is 0.172. The minimum atomic E-state index is 0.0804. The highest BCUT2D eigenvalue weighted by atomic mass is 79.9. The van der Waals surface area contributed by atoms with Gasteiger partial charge in [0, 0.05) is 22.6 Å². The third-order valence-corrected chi connectivity index (χ3v) is 3.55. The van der Waals surface area contributed by atoms with Crippen molar-refractivity contribution in [2.24, 2.45) is 11.7 Å². The van der Waals surface area contributed by atoms with E-state index in [4.69, 9.17) is 5.73 Å². The minimum Gasteiger partial charge on any atom is -0.328 e. The molecule has 1 amide bonds. The smallest absolute Gasteiger partial charge is 0.227 e. The van der Waals surface area contributed by atoms with Gasteiger partial charge in [-0.2, -0.15) is 0 Å². The number of pyridine rings is 1.